The van der Waals surface area contributed by atoms with Crippen LogP contribution in [0.3, 0.4) is 0 Å². The van der Waals surface area contributed by atoms with Crippen LogP contribution in [0.4, 0.5) is 0 Å². The molecular weight excluding hydrogens is 268 g/mol. The highest BCUT2D eigenvalue weighted by Crippen LogP contribution is 2.39. The number of benzene rings is 1. The van der Waals surface area contributed by atoms with Crippen LogP contribution in [0.15, 0.2) is 29.2 Å². The number of hydrogen-bond donors (Lipinski definition) is 2. The van der Waals surface area contributed by atoms with Crippen LogP contribution < -0.4 is 10.6 Å². The molecule has 2 N–H and O–H groups in total. The summed E-state index contributed by atoms with van der Waals surface area (Å²) in [6.07, 6.45) is 3.66. The zero-order chi connectivity index (χ0) is 13.8. The second-order valence-corrected chi connectivity index (χ2v) is 6.76. The molecule has 2 aliphatic rings. The minimum atomic E-state index is 0.0423. The summed E-state index contributed by atoms with van der Waals surface area (Å²) < 4.78 is 0. The molecule has 1 saturated heterocycles. The molecule has 1 fully saturated rings. The van der Waals surface area contributed by atoms with Crippen LogP contribution in [0.25, 0.3) is 0 Å². The van der Waals surface area contributed by atoms with Gasteiger partial charge in [0.15, 0.2) is 0 Å². The predicted molar refractivity (Wildman–Crippen MR) is 83.1 cm³/mol. The van der Waals surface area contributed by atoms with Crippen LogP contribution in [0.1, 0.15) is 30.7 Å². The molecule has 2 unspecified atom stereocenters. The Balaban J connectivity index is 1.48. The molecule has 20 heavy (non-hydrogen) atoms. The summed E-state index contributed by atoms with van der Waals surface area (Å²) in [5.74, 6) is 1.86. The van der Waals surface area contributed by atoms with E-state index in [1.165, 1.54) is 23.3 Å². The molecule has 0 radical (unpaired) electrons. The molecule has 3 rings (SSSR count). The topological polar surface area (TPSA) is 41.1 Å². The molecule has 0 aromatic heterocycles. The number of nitrogens with one attached hydrogen (secondary N) is 2. The van der Waals surface area contributed by atoms with Crippen molar-refractivity contribution in [2.45, 2.75) is 30.1 Å². The largest absolute Gasteiger partial charge is 0.356 e. The maximum absolute atomic E-state index is 12.3. The van der Waals surface area contributed by atoms with Crippen molar-refractivity contribution in [2.24, 2.45) is 5.92 Å². The van der Waals surface area contributed by atoms with Gasteiger partial charge in [-0.3, -0.25) is 4.79 Å². The molecule has 0 spiro atoms. The summed E-state index contributed by atoms with van der Waals surface area (Å²) >= 11 is 1.79. The first-order valence-corrected chi connectivity index (χ1v) is 8.53. The minimum Gasteiger partial charge on any atom is -0.356 e. The van der Waals surface area contributed by atoms with Gasteiger partial charge in [0.1, 0.15) is 0 Å². The number of hydrogen-bond acceptors (Lipinski definition) is 3. The fourth-order valence-electron chi connectivity index (χ4n) is 3.07. The van der Waals surface area contributed by atoms with Gasteiger partial charge in [-0.2, -0.15) is 0 Å². The highest BCUT2D eigenvalue weighted by Gasteiger charge is 2.28. The number of rotatable bonds is 4. The first kappa shape index (κ1) is 14.0. The Hall–Kier alpha value is -1.00. The average molecular weight is 290 g/mol. The normalized spacial score (nSPS) is 25.2. The van der Waals surface area contributed by atoms with E-state index in [4.69, 9.17) is 0 Å². The van der Waals surface area contributed by atoms with Gasteiger partial charge in [0.25, 0.3) is 0 Å². The van der Waals surface area contributed by atoms with Crippen LogP contribution >= 0.6 is 11.8 Å². The first-order chi connectivity index (χ1) is 9.84. The maximum atomic E-state index is 12.3. The van der Waals surface area contributed by atoms with Crippen molar-refractivity contribution < 1.29 is 4.79 Å². The van der Waals surface area contributed by atoms with Gasteiger partial charge in [0.05, 0.1) is 5.92 Å². The van der Waals surface area contributed by atoms with Crippen molar-refractivity contribution >= 4 is 17.7 Å². The summed E-state index contributed by atoms with van der Waals surface area (Å²) in [5.41, 5.74) is 1.20. The molecular formula is C16H22N2OS. The number of carbonyl (C=O) groups excluding carboxylic acids is 1. The van der Waals surface area contributed by atoms with Gasteiger partial charge < -0.3 is 10.6 Å². The van der Waals surface area contributed by atoms with Crippen LogP contribution in [0.2, 0.25) is 0 Å². The molecule has 1 aromatic carbocycles. The second-order valence-electron chi connectivity index (χ2n) is 5.69. The molecule has 0 aliphatic carbocycles. The van der Waals surface area contributed by atoms with E-state index in [0.29, 0.717) is 0 Å². The average Bonchev–Trinajstić information content (AvgIpc) is 2.92. The third kappa shape index (κ3) is 3.18. The summed E-state index contributed by atoms with van der Waals surface area (Å²) in [7, 11) is 0. The summed E-state index contributed by atoms with van der Waals surface area (Å²) in [6.45, 7) is 3.07. The molecule has 2 aliphatic heterocycles. The van der Waals surface area contributed by atoms with Crippen LogP contribution in [0.5, 0.6) is 0 Å². The van der Waals surface area contributed by atoms with E-state index in [1.54, 1.807) is 11.8 Å². The van der Waals surface area contributed by atoms with Gasteiger partial charge in [-0.05, 0) is 49.9 Å². The Kier molecular flexibility index (Phi) is 4.63. The van der Waals surface area contributed by atoms with E-state index >= 15 is 0 Å². The fraction of sp³-hybridized carbons (Fsp3) is 0.562. The highest BCUT2D eigenvalue weighted by molar-refractivity contribution is 7.99. The van der Waals surface area contributed by atoms with Crippen molar-refractivity contribution in [3.8, 4) is 0 Å². The third-order valence-electron chi connectivity index (χ3n) is 4.27. The standard InChI is InChI=1S/C16H22N2OS/c19-16(18-9-7-12-4-3-8-17-10-12)14-11-20-15-6-2-1-5-13(14)15/h1-2,5-6,12,14,17H,3-4,7-11H2,(H,18,19). The summed E-state index contributed by atoms with van der Waals surface area (Å²) in [4.78, 5) is 13.6. The van der Waals surface area contributed by atoms with Gasteiger partial charge in [-0.1, -0.05) is 18.2 Å². The van der Waals surface area contributed by atoms with Gasteiger partial charge in [-0.15, -0.1) is 11.8 Å². The molecule has 3 nitrogen and oxygen atoms in total. The van der Waals surface area contributed by atoms with Crippen LogP contribution in [-0.4, -0.2) is 31.3 Å². The predicted octanol–water partition coefficient (Wildman–Crippen LogP) is 2.38. The van der Waals surface area contributed by atoms with Crippen molar-refractivity contribution in [1.82, 2.24) is 10.6 Å². The molecule has 0 bridgehead atoms. The molecule has 1 aromatic rings. The lowest BCUT2D eigenvalue weighted by Crippen LogP contribution is -2.34. The van der Waals surface area contributed by atoms with E-state index in [0.717, 1.165) is 37.7 Å². The molecule has 1 amide bonds. The van der Waals surface area contributed by atoms with Gasteiger partial charge in [0, 0.05) is 17.2 Å². The molecule has 0 saturated carbocycles. The third-order valence-corrected chi connectivity index (χ3v) is 5.45. The smallest absolute Gasteiger partial charge is 0.228 e. The zero-order valence-electron chi connectivity index (χ0n) is 11.7. The van der Waals surface area contributed by atoms with Gasteiger partial charge in [0.2, 0.25) is 5.91 Å². The lowest BCUT2D eigenvalue weighted by molar-refractivity contribution is -0.122. The van der Waals surface area contributed by atoms with Gasteiger partial charge >= 0.3 is 0 Å². The summed E-state index contributed by atoms with van der Waals surface area (Å²) in [5, 5.41) is 6.56. The number of carbonyl (C=O) groups is 1. The highest BCUT2D eigenvalue weighted by atomic mass is 32.2. The lowest BCUT2D eigenvalue weighted by atomic mass is 9.96. The Morgan fingerprint density at radius 1 is 1.40 bits per heavy atom. The number of thioether (sulfide) groups is 1. The van der Waals surface area contributed by atoms with E-state index in [2.05, 4.69) is 22.8 Å². The fourth-order valence-corrected chi connectivity index (χ4v) is 4.30. The molecule has 2 atom stereocenters. The van der Waals surface area contributed by atoms with Crippen molar-refractivity contribution in [3.63, 3.8) is 0 Å². The number of amides is 1. The molecule has 2 heterocycles. The monoisotopic (exact) mass is 290 g/mol. The molecule has 108 valence electrons. The quantitative estimate of drug-likeness (QED) is 0.894. The van der Waals surface area contributed by atoms with Crippen molar-refractivity contribution in [3.05, 3.63) is 29.8 Å². The number of piperidine rings is 1. The number of fused-ring (bicyclic) bond motifs is 1. The zero-order valence-corrected chi connectivity index (χ0v) is 12.5. The Morgan fingerprint density at radius 3 is 3.15 bits per heavy atom. The summed E-state index contributed by atoms with van der Waals surface area (Å²) in [6, 6.07) is 8.27. The van der Waals surface area contributed by atoms with E-state index in [1.807, 2.05) is 12.1 Å². The van der Waals surface area contributed by atoms with Gasteiger partial charge in [-0.25, -0.2) is 0 Å². The van der Waals surface area contributed by atoms with E-state index in [-0.39, 0.29) is 11.8 Å². The molecule has 4 heteroatoms. The van der Waals surface area contributed by atoms with E-state index < -0.39 is 0 Å². The second kappa shape index (κ2) is 6.64. The maximum Gasteiger partial charge on any atom is 0.228 e. The Labute approximate surface area is 124 Å². The van der Waals surface area contributed by atoms with Crippen LogP contribution in [0, 0.1) is 5.92 Å². The van der Waals surface area contributed by atoms with E-state index in [9.17, 15) is 4.79 Å². The first-order valence-electron chi connectivity index (χ1n) is 7.55. The van der Waals surface area contributed by atoms with Crippen molar-refractivity contribution in [2.75, 3.05) is 25.4 Å². The van der Waals surface area contributed by atoms with Crippen molar-refractivity contribution in [1.29, 1.82) is 0 Å². The lowest BCUT2D eigenvalue weighted by Gasteiger charge is -2.23. The Bertz CT molecular complexity index is 471. The Morgan fingerprint density at radius 2 is 2.30 bits per heavy atom. The van der Waals surface area contributed by atoms with Crippen LogP contribution in [-0.2, 0) is 4.79 Å². The SMILES string of the molecule is O=C(NCCC1CCCNC1)C1CSc2ccccc21. The minimum absolute atomic E-state index is 0.0423.